The van der Waals surface area contributed by atoms with Gasteiger partial charge in [-0.15, -0.1) is 0 Å². The van der Waals surface area contributed by atoms with E-state index in [2.05, 4.69) is 58.9 Å². The molecule has 31 heavy (non-hydrogen) atoms. The molecule has 0 aliphatic heterocycles. The van der Waals surface area contributed by atoms with E-state index >= 15 is 0 Å². The summed E-state index contributed by atoms with van der Waals surface area (Å²) in [5.74, 6) is 2.20. The number of benzene rings is 1. The lowest BCUT2D eigenvalue weighted by molar-refractivity contribution is -0.119. The number of ether oxygens (including phenoxy) is 1. The summed E-state index contributed by atoms with van der Waals surface area (Å²) in [5, 5.41) is 0. The third-order valence-corrected chi connectivity index (χ3v) is 5.66. The first-order valence-corrected chi connectivity index (χ1v) is 13.3. The third kappa shape index (κ3) is 20.4. The van der Waals surface area contributed by atoms with Crippen LogP contribution in [0.3, 0.4) is 0 Å². The van der Waals surface area contributed by atoms with E-state index in [4.69, 9.17) is 4.74 Å². The number of carbonyl (C=O) groups is 1. The molecule has 1 aromatic carbocycles. The Hall–Kier alpha value is -1.31. The van der Waals surface area contributed by atoms with Gasteiger partial charge in [0.2, 0.25) is 0 Å². The van der Waals surface area contributed by atoms with E-state index in [1.165, 1.54) is 63.4 Å². The molecule has 0 bridgehead atoms. The molecule has 0 atom stereocenters. The van der Waals surface area contributed by atoms with Crippen molar-refractivity contribution in [3.8, 4) is 5.75 Å². The van der Waals surface area contributed by atoms with E-state index in [-0.39, 0.29) is 0 Å². The molecule has 0 aliphatic rings. The van der Waals surface area contributed by atoms with Gasteiger partial charge in [0.25, 0.3) is 0 Å². The molecular weight excluding hydrogens is 380 g/mol. The molecule has 0 unspecified atom stereocenters. The van der Waals surface area contributed by atoms with Crippen LogP contribution in [-0.2, 0) is 11.2 Å². The summed E-state index contributed by atoms with van der Waals surface area (Å²) in [4.78, 5) is 11.6. The Balaban J connectivity index is 0.000000590. The highest BCUT2D eigenvalue weighted by Gasteiger charge is 2.01. The second kappa shape index (κ2) is 21.9. The molecule has 0 saturated carbocycles. The minimum atomic E-state index is 0.497. The molecule has 0 amide bonds. The summed E-state index contributed by atoms with van der Waals surface area (Å²) in [6.45, 7) is 11.9. The lowest BCUT2D eigenvalue weighted by Gasteiger charge is -2.08. The summed E-state index contributed by atoms with van der Waals surface area (Å²) < 4.78 is 5.62. The SMILES string of the molecule is CCCCCCCCC(=O)CCCCCCC.CCc1ccc(OCCC(C)C)cc1. The van der Waals surface area contributed by atoms with E-state index in [9.17, 15) is 4.79 Å². The predicted octanol–water partition coefficient (Wildman–Crippen LogP) is 9.34. The van der Waals surface area contributed by atoms with Gasteiger partial charge in [-0.2, -0.15) is 0 Å². The van der Waals surface area contributed by atoms with Gasteiger partial charge in [-0.1, -0.05) is 105 Å². The summed E-state index contributed by atoms with van der Waals surface area (Å²) in [7, 11) is 0. The Kier molecular flexibility index (Phi) is 21.0. The molecule has 0 saturated heterocycles. The summed E-state index contributed by atoms with van der Waals surface area (Å²) >= 11 is 0. The smallest absolute Gasteiger partial charge is 0.132 e. The molecule has 2 nitrogen and oxygen atoms in total. The van der Waals surface area contributed by atoms with Gasteiger partial charge in [-0.3, -0.25) is 4.79 Å². The Morgan fingerprint density at radius 3 is 1.68 bits per heavy atom. The van der Waals surface area contributed by atoms with Gasteiger partial charge in [-0.05, 0) is 49.3 Å². The molecule has 0 N–H and O–H groups in total. The Bertz CT molecular complexity index is 504. The number of unbranched alkanes of at least 4 members (excludes halogenated alkanes) is 9. The van der Waals surface area contributed by atoms with Crippen LogP contribution in [0, 0.1) is 5.92 Å². The number of carbonyl (C=O) groups excluding carboxylic acids is 1. The fourth-order valence-electron chi connectivity index (χ4n) is 3.39. The number of aryl methyl sites for hydroxylation is 1. The monoisotopic (exact) mass is 432 g/mol. The van der Waals surface area contributed by atoms with Crippen LogP contribution in [0.25, 0.3) is 0 Å². The maximum Gasteiger partial charge on any atom is 0.132 e. The van der Waals surface area contributed by atoms with Crippen LogP contribution in [0.1, 0.15) is 130 Å². The van der Waals surface area contributed by atoms with Crippen LogP contribution < -0.4 is 4.74 Å². The van der Waals surface area contributed by atoms with Crippen molar-refractivity contribution in [2.45, 2.75) is 131 Å². The van der Waals surface area contributed by atoms with Crippen LogP contribution in [-0.4, -0.2) is 12.4 Å². The van der Waals surface area contributed by atoms with Crippen molar-refractivity contribution < 1.29 is 9.53 Å². The second-order valence-electron chi connectivity index (χ2n) is 9.25. The maximum atomic E-state index is 11.6. The lowest BCUT2D eigenvalue weighted by Crippen LogP contribution is -2.01. The zero-order chi connectivity index (χ0) is 23.2. The van der Waals surface area contributed by atoms with Crippen molar-refractivity contribution in [3.63, 3.8) is 0 Å². The molecular formula is C29H52O2. The molecule has 0 heterocycles. The normalized spacial score (nSPS) is 10.6. The fraction of sp³-hybridized carbons (Fsp3) is 0.759. The number of hydrogen-bond donors (Lipinski definition) is 0. The average Bonchev–Trinajstić information content (AvgIpc) is 2.77. The first-order valence-electron chi connectivity index (χ1n) is 13.3. The lowest BCUT2D eigenvalue weighted by atomic mass is 10.0. The van der Waals surface area contributed by atoms with E-state index in [0.717, 1.165) is 50.9 Å². The van der Waals surface area contributed by atoms with Crippen LogP contribution in [0.4, 0.5) is 0 Å². The number of hydrogen-bond acceptors (Lipinski definition) is 2. The zero-order valence-corrected chi connectivity index (χ0v) is 21.5. The van der Waals surface area contributed by atoms with Gasteiger partial charge in [0.15, 0.2) is 0 Å². The van der Waals surface area contributed by atoms with Gasteiger partial charge in [0, 0.05) is 12.8 Å². The molecule has 0 spiro atoms. The van der Waals surface area contributed by atoms with Gasteiger partial charge in [0.05, 0.1) is 6.61 Å². The van der Waals surface area contributed by atoms with Crippen molar-refractivity contribution in [2.24, 2.45) is 5.92 Å². The van der Waals surface area contributed by atoms with Gasteiger partial charge < -0.3 is 4.74 Å². The van der Waals surface area contributed by atoms with Crippen molar-refractivity contribution in [2.75, 3.05) is 6.61 Å². The highest BCUT2D eigenvalue weighted by atomic mass is 16.5. The molecule has 1 aromatic rings. The van der Waals surface area contributed by atoms with Crippen molar-refractivity contribution in [1.29, 1.82) is 0 Å². The standard InChI is InChI=1S/C16H32O.C13H20O/c1-3-5-7-9-11-13-15-16(17)14-12-10-8-6-4-2;1-4-12-5-7-13(8-6-12)14-10-9-11(2)3/h3-15H2,1-2H3;5-8,11H,4,9-10H2,1-3H3. The maximum absolute atomic E-state index is 11.6. The highest BCUT2D eigenvalue weighted by Crippen LogP contribution is 2.13. The van der Waals surface area contributed by atoms with E-state index in [1.54, 1.807) is 0 Å². The minimum Gasteiger partial charge on any atom is -0.494 e. The Morgan fingerprint density at radius 1 is 0.742 bits per heavy atom. The Labute approximate surface area is 194 Å². The van der Waals surface area contributed by atoms with Crippen molar-refractivity contribution >= 4 is 5.78 Å². The van der Waals surface area contributed by atoms with E-state index in [0.29, 0.717) is 11.7 Å². The zero-order valence-electron chi connectivity index (χ0n) is 21.5. The van der Waals surface area contributed by atoms with Gasteiger partial charge in [0.1, 0.15) is 11.5 Å². The molecule has 0 aliphatic carbocycles. The van der Waals surface area contributed by atoms with Crippen LogP contribution in [0.15, 0.2) is 24.3 Å². The molecule has 180 valence electrons. The molecule has 0 radical (unpaired) electrons. The van der Waals surface area contributed by atoms with Crippen LogP contribution >= 0.6 is 0 Å². The Morgan fingerprint density at radius 2 is 1.23 bits per heavy atom. The second-order valence-corrected chi connectivity index (χ2v) is 9.25. The summed E-state index contributed by atoms with van der Waals surface area (Å²) in [5.41, 5.74) is 1.36. The minimum absolute atomic E-state index is 0.497. The summed E-state index contributed by atoms with van der Waals surface area (Å²) in [6, 6.07) is 8.37. The predicted molar refractivity (Wildman–Crippen MR) is 137 cm³/mol. The summed E-state index contributed by atoms with van der Waals surface area (Å²) in [6.07, 6.45) is 17.9. The van der Waals surface area contributed by atoms with Crippen molar-refractivity contribution in [3.05, 3.63) is 29.8 Å². The van der Waals surface area contributed by atoms with Crippen LogP contribution in [0.5, 0.6) is 5.75 Å². The molecule has 0 aromatic heterocycles. The molecule has 2 heteroatoms. The first kappa shape index (κ1) is 29.7. The third-order valence-electron chi connectivity index (χ3n) is 5.66. The van der Waals surface area contributed by atoms with E-state index < -0.39 is 0 Å². The van der Waals surface area contributed by atoms with Crippen LogP contribution in [0.2, 0.25) is 0 Å². The number of rotatable bonds is 18. The quantitative estimate of drug-likeness (QED) is 0.216. The topological polar surface area (TPSA) is 26.3 Å². The number of Topliss-reactive ketones (excluding diaryl/α,β-unsaturated/α-hetero) is 1. The molecule has 0 fully saturated rings. The van der Waals surface area contributed by atoms with E-state index in [1.807, 2.05) is 0 Å². The first-order chi connectivity index (χ1) is 15.0. The van der Waals surface area contributed by atoms with Crippen molar-refractivity contribution in [1.82, 2.24) is 0 Å². The fourth-order valence-corrected chi connectivity index (χ4v) is 3.39. The highest BCUT2D eigenvalue weighted by molar-refractivity contribution is 5.78. The number of ketones is 1. The average molecular weight is 433 g/mol. The molecule has 1 rings (SSSR count). The largest absolute Gasteiger partial charge is 0.494 e. The van der Waals surface area contributed by atoms with Gasteiger partial charge >= 0.3 is 0 Å². The van der Waals surface area contributed by atoms with Gasteiger partial charge in [-0.25, -0.2) is 0 Å².